The van der Waals surface area contributed by atoms with Crippen LogP contribution in [0.25, 0.3) is 22.1 Å². The Morgan fingerprint density at radius 2 is 1.27 bits per heavy atom. The smallest absolute Gasteiger partial charge is 0.347 e. The molecule has 2 aromatic carbocycles. The van der Waals surface area contributed by atoms with Crippen molar-refractivity contribution in [2.24, 2.45) is 0 Å². The topological polar surface area (TPSA) is 216 Å². The molecule has 9 rings (SSSR count). The third kappa shape index (κ3) is 7.79. The van der Waals surface area contributed by atoms with Gasteiger partial charge >= 0.3 is 12.0 Å². The number of benzene rings is 2. The van der Waals surface area contributed by atoms with Gasteiger partial charge in [0, 0.05) is 62.5 Å². The Hall–Kier alpha value is -7.57. The Bertz CT molecular complexity index is 2880. The van der Waals surface area contributed by atoms with Gasteiger partial charge in [0.05, 0.1) is 19.7 Å². The summed E-state index contributed by atoms with van der Waals surface area (Å²) in [5.74, 6) is -2.51. The van der Waals surface area contributed by atoms with E-state index in [1.54, 1.807) is 36.1 Å². The molecule has 3 amide bonds. The summed E-state index contributed by atoms with van der Waals surface area (Å²) < 4.78 is 45.7. The Kier molecular flexibility index (Phi) is 11.4. The maximum absolute atomic E-state index is 13.3. The van der Waals surface area contributed by atoms with Gasteiger partial charge in [-0.3, -0.25) is 33.5 Å². The fourth-order valence-electron chi connectivity index (χ4n) is 7.64. The second-order valence-electron chi connectivity index (χ2n) is 14.5. The quantitative estimate of drug-likeness (QED) is 0.146. The van der Waals surface area contributed by atoms with Crippen LogP contribution in [0.1, 0.15) is 49.9 Å². The van der Waals surface area contributed by atoms with Crippen LogP contribution in [-0.4, -0.2) is 98.1 Å². The lowest BCUT2D eigenvalue weighted by atomic mass is 10.0. The Balaban J connectivity index is 0.000000174. The van der Waals surface area contributed by atoms with Crippen LogP contribution in [0.5, 0.6) is 23.0 Å². The van der Waals surface area contributed by atoms with Crippen LogP contribution in [0.2, 0.25) is 0 Å². The number of rotatable bonds is 10. The zero-order chi connectivity index (χ0) is 43.7. The molecular weight excluding hydrogens is 813 g/mol. The molecule has 17 nitrogen and oxygen atoms in total. The second-order valence-corrected chi connectivity index (χ2v) is 14.5. The number of carbonyl (C=O) groups excluding carboxylic acids is 3. The number of aromatic hydroxyl groups is 2. The van der Waals surface area contributed by atoms with Gasteiger partial charge in [-0.15, -0.1) is 0 Å². The molecule has 19 heteroatoms. The predicted octanol–water partition coefficient (Wildman–Crippen LogP) is 3.38. The third-order valence-electron chi connectivity index (χ3n) is 10.6. The lowest BCUT2D eigenvalue weighted by Gasteiger charge is -2.23. The van der Waals surface area contributed by atoms with Gasteiger partial charge in [-0.25, -0.2) is 18.4 Å². The maximum Gasteiger partial charge on any atom is 0.347 e. The zero-order valence-corrected chi connectivity index (χ0v) is 33.2. The molecule has 4 N–H and O–H groups in total. The van der Waals surface area contributed by atoms with Crippen molar-refractivity contribution in [3.8, 4) is 23.0 Å². The minimum atomic E-state index is -0.888. The number of nitrogens with one attached hydrogen (secondary N) is 2. The number of amides is 3. The van der Waals surface area contributed by atoms with Crippen molar-refractivity contribution in [2.75, 3.05) is 46.0 Å². The maximum atomic E-state index is 13.3. The van der Waals surface area contributed by atoms with E-state index in [9.17, 15) is 43.0 Å². The molecule has 4 aromatic heterocycles. The summed E-state index contributed by atoms with van der Waals surface area (Å²) in [6.07, 6.45) is 3.84. The van der Waals surface area contributed by atoms with Crippen LogP contribution < -0.4 is 31.2 Å². The molecule has 0 aliphatic carbocycles. The Labute approximate surface area is 350 Å². The van der Waals surface area contributed by atoms with E-state index in [4.69, 9.17) is 14.2 Å². The zero-order valence-electron chi connectivity index (χ0n) is 33.2. The van der Waals surface area contributed by atoms with E-state index in [1.807, 2.05) is 0 Å². The van der Waals surface area contributed by atoms with E-state index >= 15 is 0 Å². The summed E-state index contributed by atoms with van der Waals surface area (Å²) in [7, 11) is 0. The number of urea groups is 1. The van der Waals surface area contributed by atoms with Crippen molar-refractivity contribution in [3.63, 3.8) is 0 Å². The first kappa shape index (κ1) is 41.2. The molecule has 1 saturated heterocycles. The SMILES string of the molecule is CCOC(=O)c1c(O)c2ncc(Cc3ccc(F)cc3)c3c2n(c1=O)CCO3.O=C(NCCN1CCNC1=O)c1c(O)c2ncc(Cc3ccc(F)cc3)c3c2n(c1=O)CCO3. The Morgan fingerprint density at radius 3 is 1.76 bits per heavy atom. The molecule has 7 heterocycles. The number of halogens is 2. The first-order valence-corrected chi connectivity index (χ1v) is 19.7. The molecule has 0 radical (unpaired) electrons. The lowest BCUT2D eigenvalue weighted by molar-refractivity contribution is 0.0519. The number of nitrogens with zero attached hydrogens (tertiary/aromatic N) is 5. The summed E-state index contributed by atoms with van der Waals surface area (Å²) in [6.45, 7) is 4.03. The molecule has 6 aromatic rings. The number of ether oxygens (including phenoxy) is 3. The van der Waals surface area contributed by atoms with Crippen LogP contribution in [0.3, 0.4) is 0 Å². The van der Waals surface area contributed by atoms with Gasteiger partial charge in [-0.2, -0.15) is 0 Å². The molecular formula is C43H39F2N7O10. The number of esters is 1. The third-order valence-corrected chi connectivity index (χ3v) is 10.6. The standard InChI is InChI=1S/C23H22FN5O5.C20H17FN2O5/c24-15-3-1-13(2-4-15)11-14-12-27-17-18-20(14)34-10-9-29(18)22(32)16(19(17)30)21(31)25-5-7-28-8-6-26-23(28)33;1-2-27-20(26)14-17(24)15-16-18(28-8-7-23(16)19(14)25)12(10-22-15)9-11-3-5-13(21)6-4-11/h1-4,12,30H,5-11H2,(H,25,31)(H,26,33);3-6,10,24H,2,7-9H2,1H3. The number of hydrogen-bond acceptors (Lipinski definition) is 12. The van der Waals surface area contributed by atoms with Crippen LogP contribution in [0.15, 0.2) is 70.5 Å². The average Bonchev–Trinajstić information content (AvgIpc) is 3.68. The van der Waals surface area contributed by atoms with E-state index in [1.165, 1.54) is 45.8 Å². The molecule has 62 heavy (non-hydrogen) atoms. The summed E-state index contributed by atoms with van der Waals surface area (Å²) in [6, 6.07) is 11.9. The van der Waals surface area contributed by atoms with Gasteiger partial charge in [0.1, 0.15) is 52.5 Å². The molecule has 3 aliphatic heterocycles. The summed E-state index contributed by atoms with van der Waals surface area (Å²) in [4.78, 5) is 72.7. The molecule has 0 unspecified atom stereocenters. The summed E-state index contributed by atoms with van der Waals surface area (Å²) >= 11 is 0. The van der Waals surface area contributed by atoms with Crippen LogP contribution in [0.4, 0.5) is 13.6 Å². The van der Waals surface area contributed by atoms with Gasteiger partial charge in [-0.1, -0.05) is 24.3 Å². The molecule has 3 aliphatic rings. The highest BCUT2D eigenvalue weighted by Gasteiger charge is 2.31. The van der Waals surface area contributed by atoms with Gasteiger partial charge in [-0.05, 0) is 42.3 Å². The minimum Gasteiger partial charge on any atom is -0.505 e. The first-order valence-electron chi connectivity index (χ1n) is 19.7. The normalized spacial score (nSPS) is 13.8. The van der Waals surface area contributed by atoms with E-state index in [2.05, 4.69) is 20.6 Å². The Morgan fingerprint density at radius 1 is 0.774 bits per heavy atom. The lowest BCUT2D eigenvalue weighted by Crippen LogP contribution is -2.40. The fourth-order valence-corrected chi connectivity index (χ4v) is 7.64. The van der Waals surface area contributed by atoms with Crippen LogP contribution in [-0.2, 0) is 30.7 Å². The van der Waals surface area contributed by atoms with Crippen LogP contribution in [0, 0.1) is 11.6 Å². The summed E-state index contributed by atoms with van der Waals surface area (Å²) in [5, 5.41) is 26.6. The van der Waals surface area contributed by atoms with Crippen molar-refractivity contribution in [3.05, 3.63) is 127 Å². The van der Waals surface area contributed by atoms with Crippen molar-refractivity contribution >= 4 is 40.0 Å². The van der Waals surface area contributed by atoms with Gasteiger partial charge < -0.3 is 40.0 Å². The fraction of sp³-hybridized carbons (Fsp3) is 0.279. The van der Waals surface area contributed by atoms with E-state index < -0.39 is 45.6 Å². The second kappa shape index (κ2) is 17.2. The monoisotopic (exact) mass is 851 g/mol. The number of hydrogen-bond donors (Lipinski definition) is 4. The van der Waals surface area contributed by atoms with Gasteiger partial charge in [0.15, 0.2) is 28.6 Å². The molecule has 0 bridgehead atoms. The van der Waals surface area contributed by atoms with Crippen molar-refractivity contribution in [2.45, 2.75) is 32.9 Å². The summed E-state index contributed by atoms with van der Waals surface area (Å²) in [5.41, 5.74) is 1.75. The van der Waals surface area contributed by atoms with E-state index in [-0.39, 0.29) is 74.7 Å². The van der Waals surface area contributed by atoms with Gasteiger partial charge in [0.25, 0.3) is 17.0 Å². The van der Waals surface area contributed by atoms with Crippen molar-refractivity contribution in [1.29, 1.82) is 0 Å². The first-order chi connectivity index (χ1) is 29.9. The average molecular weight is 852 g/mol. The van der Waals surface area contributed by atoms with Crippen molar-refractivity contribution < 1.29 is 47.6 Å². The van der Waals surface area contributed by atoms with E-state index in [0.717, 1.165) is 11.1 Å². The highest BCUT2D eigenvalue weighted by molar-refractivity contribution is 6.03. The highest BCUT2D eigenvalue weighted by atomic mass is 19.1. The highest BCUT2D eigenvalue weighted by Crippen LogP contribution is 2.38. The van der Waals surface area contributed by atoms with Gasteiger partial charge in [0.2, 0.25) is 0 Å². The number of carbonyl (C=O) groups is 3. The molecule has 1 fully saturated rings. The number of pyridine rings is 4. The minimum absolute atomic E-state index is 0.0775. The van der Waals surface area contributed by atoms with Crippen molar-refractivity contribution in [1.82, 2.24) is 34.6 Å². The van der Waals surface area contributed by atoms with Crippen LogP contribution >= 0.6 is 0 Å². The molecule has 0 atom stereocenters. The predicted molar refractivity (Wildman–Crippen MR) is 218 cm³/mol. The molecule has 320 valence electrons. The largest absolute Gasteiger partial charge is 0.505 e. The van der Waals surface area contributed by atoms with E-state index in [0.29, 0.717) is 59.6 Å². The molecule has 0 spiro atoms. The number of aromatic nitrogens is 4. The molecule has 0 saturated carbocycles.